The fourth-order valence-corrected chi connectivity index (χ4v) is 5.25. The predicted octanol–water partition coefficient (Wildman–Crippen LogP) is 2.87. The van der Waals surface area contributed by atoms with Gasteiger partial charge in [0.05, 0.1) is 36.4 Å². The second-order valence-corrected chi connectivity index (χ2v) is 9.28. The number of hydrogen-bond donors (Lipinski definition) is 4. The number of primary amides is 1. The Morgan fingerprint density at radius 2 is 2.24 bits per heavy atom. The number of fused-ring (bicyclic) bond motifs is 3. The molecule has 0 aliphatic carbocycles. The molecule has 5 rings (SSSR count). The van der Waals surface area contributed by atoms with Gasteiger partial charge in [-0.2, -0.15) is 0 Å². The lowest BCUT2D eigenvalue weighted by Crippen LogP contribution is -2.57. The number of nitrogens with two attached hydrogens (primary N) is 1. The topological polar surface area (TPSA) is 116 Å². The van der Waals surface area contributed by atoms with Crippen molar-refractivity contribution in [3.8, 4) is 0 Å². The van der Waals surface area contributed by atoms with Crippen LogP contribution < -0.4 is 21.7 Å². The van der Waals surface area contributed by atoms with Gasteiger partial charge in [-0.25, -0.2) is 13.8 Å². The van der Waals surface area contributed by atoms with Gasteiger partial charge in [0.25, 0.3) is 11.8 Å². The van der Waals surface area contributed by atoms with Gasteiger partial charge < -0.3 is 26.4 Å². The van der Waals surface area contributed by atoms with Gasteiger partial charge in [-0.05, 0) is 23.7 Å². The number of thiophene rings is 1. The van der Waals surface area contributed by atoms with E-state index in [1.165, 1.54) is 11.3 Å². The quantitative estimate of drug-likeness (QED) is 0.458. The summed E-state index contributed by atoms with van der Waals surface area (Å²) in [4.78, 5) is 22.7. The Labute approximate surface area is 196 Å². The van der Waals surface area contributed by atoms with Crippen LogP contribution >= 0.6 is 22.9 Å². The molecule has 1 saturated heterocycles. The van der Waals surface area contributed by atoms with Gasteiger partial charge in [0.15, 0.2) is 17.8 Å². The molecular weight excluding hydrogens is 476 g/mol. The molecule has 2 unspecified atom stereocenters. The van der Waals surface area contributed by atoms with E-state index in [4.69, 9.17) is 22.1 Å². The highest BCUT2D eigenvalue weighted by Crippen LogP contribution is 2.45. The van der Waals surface area contributed by atoms with E-state index < -0.39 is 24.3 Å². The van der Waals surface area contributed by atoms with Crippen molar-refractivity contribution in [2.75, 3.05) is 37.3 Å². The summed E-state index contributed by atoms with van der Waals surface area (Å²) in [5.41, 5.74) is 8.19. The van der Waals surface area contributed by atoms with Crippen molar-refractivity contribution in [3.63, 3.8) is 0 Å². The Hall–Kier alpha value is -2.80. The van der Waals surface area contributed by atoms with Crippen LogP contribution in [0.25, 0.3) is 10.1 Å². The summed E-state index contributed by atoms with van der Waals surface area (Å²) >= 11 is 7.31. The largest absolute Gasteiger partial charge is 0.386 e. The Bertz CT molecular complexity index is 1220. The fraction of sp³-hybridized carbons (Fsp3) is 0.350. The third-order valence-corrected chi connectivity index (χ3v) is 6.83. The smallest absolute Gasteiger partial charge is 0.272 e. The summed E-state index contributed by atoms with van der Waals surface area (Å²) in [6.45, 7) is -0.330. The van der Waals surface area contributed by atoms with Crippen molar-refractivity contribution in [1.29, 1.82) is 0 Å². The average molecular weight is 496 g/mol. The fourth-order valence-electron chi connectivity index (χ4n) is 4.04. The number of likely N-dealkylation sites (tertiary alicyclic amines) is 1. The molecule has 2 atom stereocenters. The van der Waals surface area contributed by atoms with Gasteiger partial charge in [-0.3, -0.25) is 14.7 Å². The van der Waals surface area contributed by atoms with Crippen molar-refractivity contribution in [2.45, 2.75) is 18.4 Å². The van der Waals surface area contributed by atoms with Crippen LogP contribution in [0.4, 0.5) is 25.8 Å². The van der Waals surface area contributed by atoms with Crippen LogP contribution in [0.3, 0.4) is 0 Å². The van der Waals surface area contributed by atoms with Gasteiger partial charge in [0, 0.05) is 35.5 Å². The minimum Gasteiger partial charge on any atom is -0.386 e. The maximum absolute atomic E-state index is 13.2. The zero-order valence-electron chi connectivity index (χ0n) is 17.4. The molecule has 0 spiro atoms. The van der Waals surface area contributed by atoms with E-state index in [9.17, 15) is 13.6 Å². The number of hydrogen-bond acceptors (Lipinski definition) is 9. The van der Waals surface area contributed by atoms with E-state index in [0.717, 1.165) is 10.1 Å². The van der Waals surface area contributed by atoms with Crippen LogP contribution in [-0.2, 0) is 4.74 Å². The first kappa shape index (κ1) is 22.0. The maximum atomic E-state index is 13.2. The molecule has 9 nitrogen and oxygen atoms in total. The highest BCUT2D eigenvalue weighted by atomic mass is 35.5. The van der Waals surface area contributed by atoms with Crippen LogP contribution in [0.1, 0.15) is 9.67 Å². The lowest BCUT2D eigenvalue weighted by atomic mass is 10.1. The molecule has 1 amide bonds. The second kappa shape index (κ2) is 8.20. The molecule has 0 bridgehead atoms. The number of anilines is 2. The second-order valence-electron chi connectivity index (χ2n) is 7.87. The number of carbonyl (C=O) groups excluding carboxylic acids is 1. The number of aliphatic imine (C=N–C) groups is 2. The summed E-state index contributed by atoms with van der Waals surface area (Å²) in [6.07, 6.45) is 1.81. The first-order valence-electron chi connectivity index (χ1n) is 10.1. The van der Waals surface area contributed by atoms with E-state index in [1.807, 2.05) is 12.1 Å². The molecule has 3 aliphatic heterocycles. The Morgan fingerprint density at radius 3 is 2.94 bits per heavy atom. The van der Waals surface area contributed by atoms with E-state index in [-0.39, 0.29) is 24.9 Å². The van der Waals surface area contributed by atoms with Gasteiger partial charge in [0.2, 0.25) is 0 Å². The summed E-state index contributed by atoms with van der Waals surface area (Å²) in [6, 6.07) is 3.73. The molecule has 0 radical (unpaired) electrons. The normalized spacial score (nSPS) is 23.6. The molecule has 4 heterocycles. The Morgan fingerprint density at radius 1 is 1.45 bits per heavy atom. The molecular formula is C20H20ClF2N7O2S. The molecule has 1 aromatic carbocycles. The van der Waals surface area contributed by atoms with Crippen LogP contribution in [-0.4, -0.2) is 67.4 Å². The van der Waals surface area contributed by atoms with Gasteiger partial charge in [-0.1, -0.05) is 0 Å². The van der Waals surface area contributed by atoms with E-state index in [0.29, 0.717) is 27.5 Å². The lowest BCUT2D eigenvalue weighted by Gasteiger charge is -2.40. The third-order valence-electron chi connectivity index (χ3n) is 5.46. The number of alkyl halides is 2. The summed E-state index contributed by atoms with van der Waals surface area (Å²) < 4.78 is 33.4. The van der Waals surface area contributed by atoms with Crippen molar-refractivity contribution in [3.05, 3.63) is 28.8 Å². The summed E-state index contributed by atoms with van der Waals surface area (Å²) in [5.74, 6) is -3.17. The third kappa shape index (κ3) is 4.14. The van der Waals surface area contributed by atoms with Crippen LogP contribution in [0.5, 0.6) is 0 Å². The highest BCUT2D eigenvalue weighted by Gasteiger charge is 2.44. The molecule has 3 aliphatic rings. The first-order valence-corrected chi connectivity index (χ1v) is 11.3. The number of rotatable bonds is 6. The van der Waals surface area contributed by atoms with Crippen LogP contribution in [0.15, 0.2) is 33.9 Å². The number of ether oxygens (including phenoxy) is 1. The van der Waals surface area contributed by atoms with Crippen LogP contribution in [0.2, 0.25) is 0 Å². The maximum Gasteiger partial charge on any atom is 0.272 e. The molecule has 5 N–H and O–H groups in total. The standard InChI is InChI=1S/C20H20ClF2N7O2S/c1-25-15-13-11(33-16(15)17(24)31)3-2-10-14(13)26-5-12(28-10)32-18-9(4-27-19(21)29-18)6-30-7-20(22,23)8-30/h2-5,12,18,25,28H,6-8H2,1H3,(H2,24,31)(H,27,29). The number of amides is 1. The number of nitrogens with zero attached hydrogens (tertiary/aromatic N) is 3. The highest BCUT2D eigenvalue weighted by molar-refractivity contribution is 7.21. The van der Waals surface area contributed by atoms with Crippen molar-refractivity contribution >= 4 is 67.5 Å². The van der Waals surface area contributed by atoms with Crippen molar-refractivity contribution < 1.29 is 18.3 Å². The van der Waals surface area contributed by atoms with E-state index in [2.05, 4.69) is 25.9 Å². The molecule has 0 saturated carbocycles. The summed E-state index contributed by atoms with van der Waals surface area (Å²) in [5, 5.41) is 10.0. The van der Waals surface area contributed by atoms with Gasteiger partial charge in [-0.15, -0.1) is 11.3 Å². The molecule has 1 aromatic heterocycles. The zero-order chi connectivity index (χ0) is 23.3. The number of benzene rings is 1. The number of amidine groups is 1. The van der Waals surface area contributed by atoms with Gasteiger partial charge in [0.1, 0.15) is 4.88 Å². The number of carbonyl (C=O) groups is 1. The Kier molecular flexibility index (Phi) is 5.47. The average Bonchev–Trinajstić information content (AvgIpc) is 3.13. The van der Waals surface area contributed by atoms with E-state index in [1.54, 1.807) is 24.4 Å². The van der Waals surface area contributed by atoms with E-state index >= 15 is 0 Å². The number of nitrogens with one attached hydrogen (secondary N) is 3. The van der Waals surface area contributed by atoms with Crippen LogP contribution in [0, 0.1) is 0 Å². The predicted molar refractivity (Wildman–Crippen MR) is 126 cm³/mol. The SMILES string of the molecule is CNc1c(C(N)=O)sc2ccc3c(c12)N=CC(OC1N=C(Cl)NC=C1CN1CC(F)(F)C1)N3. The minimum absolute atomic E-state index is 0.142. The molecule has 1 fully saturated rings. The molecule has 2 aromatic rings. The Balaban J connectivity index is 1.36. The van der Waals surface area contributed by atoms with Crippen molar-refractivity contribution in [1.82, 2.24) is 10.2 Å². The van der Waals surface area contributed by atoms with Gasteiger partial charge >= 0.3 is 0 Å². The summed E-state index contributed by atoms with van der Waals surface area (Å²) in [7, 11) is 1.72. The lowest BCUT2D eigenvalue weighted by molar-refractivity contribution is -0.128. The molecule has 13 heteroatoms. The van der Waals surface area contributed by atoms with Crippen molar-refractivity contribution in [2.24, 2.45) is 15.7 Å². The minimum atomic E-state index is -2.66. The molecule has 174 valence electrons. The zero-order valence-corrected chi connectivity index (χ0v) is 18.9. The molecule has 33 heavy (non-hydrogen) atoms. The first-order chi connectivity index (χ1) is 15.7. The monoisotopic (exact) mass is 495 g/mol. The number of halogens is 3.